The van der Waals surface area contributed by atoms with Gasteiger partial charge in [-0.2, -0.15) is 0 Å². The highest BCUT2D eigenvalue weighted by atomic mass is 16.5. The number of rotatable bonds is 2. The Hall–Kier alpha value is -2.29. The number of ether oxygens (including phenoxy) is 2. The monoisotopic (exact) mass is 240 g/mol. The number of hydrogen-bond donors (Lipinski definition) is 0. The van der Waals surface area contributed by atoms with Crippen molar-refractivity contribution in [2.24, 2.45) is 0 Å². The van der Waals surface area contributed by atoms with Crippen LogP contribution < -0.4 is 9.47 Å². The van der Waals surface area contributed by atoms with Crippen LogP contribution in [0.15, 0.2) is 36.4 Å². The molecule has 18 heavy (non-hydrogen) atoms. The van der Waals surface area contributed by atoms with Crippen molar-refractivity contribution in [3.63, 3.8) is 0 Å². The van der Waals surface area contributed by atoms with Crippen molar-refractivity contribution in [1.29, 1.82) is 0 Å². The van der Waals surface area contributed by atoms with Crippen molar-refractivity contribution >= 4 is 6.29 Å². The molecule has 2 aromatic carbocycles. The molecule has 3 nitrogen and oxygen atoms in total. The van der Waals surface area contributed by atoms with Gasteiger partial charge in [0.25, 0.3) is 0 Å². The molecule has 0 spiro atoms. The molecule has 1 heterocycles. The fraction of sp³-hybridized carbons (Fsp3) is 0.133. The smallest absolute Gasteiger partial charge is 0.153 e. The molecule has 1 aliphatic heterocycles. The van der Waals surface area contributed by atoms with Gasteiger partial charge in [-0.25, -0.2) is 0 Å². The third-order valence-corrected chi connectivity index (χ3v) is 3.11. The topological polar surface area (TPSA) is 35.5 Å². The molecule has 3 heteroatoms. The summed E-state index contributed by atoms with van der Waals surface area (Å²) in [5.74, 6) is 2.17. The lowest BCUT2D eigenvalue weighted by molar-refractivity contribution is 0.112. The van der Waals surface area contributed by atoms with Crippen LogP contribution in [-0.4, -0.2) is 13.4 Å². The zero-order valence-corrected chi connectivity index (χ0v) is 9.97. The number of carbonyl (C=O) groups is 1. The summed E-state index contributed by atoms with van der Waals surface area (Å²) >= 11 is 0. The molecule has 0 N–H and O–H groups in total. The summed E-state index contributed by atoms with van der Waals surface area (Å²) in [6, 6.07) is 11.5. The fourth-order valence-corrected chi connectivity index (χ4v) is 2.20. The second kappa shape index (κ2) is 4.18. The zero-order valence-electron chi connectivity index (χ0n) is 9.97. The van der Waals surface area contributed by atoms with Gasteiger partial charge in [0.05, 0.1) is 12.7 Å². The highest BCUT2D eigenvalue weighted by Gasteiger charge is 2.19. The molecule has 0 aliphatic carbocycles. The summed E-state index contributed by atoms with van der Waals surface area (Å²) in [4.78, 5) is 11.0. The van der Waals surface area contributed by atoms with E-state index < -0.39 is 0 Å². The first kappa shape index (κ1) is 10.8. The Bertz CT molecular complexity index is 617. The molecule has 3 rings (SSSR count). The van der Waals surface area contributed by atoms with Crippen LogP contribution in [0, 0.1) is 0 Å². The third kappa shape index (κ3) is 1.64. The van der Waals surface area contributed by atoms with Gasteiger partial charge < -0.3 is 9.47 Å². The SMILES string of the molecule is COc1cc2c(cc1C=O)Cc1ccccc1O2. The van der Waals surface area contributed by atoms with Gasteiger partial charge >= 0.3 is 0 Å². The Labute approximate surface area is 105 Å². The molecule has 0 unspecified atom stereocenters. The maximum Gasteiger partial charge on any atom is 0.153 e. The van der Waals surface area contributed by atoms with Crippen molar-refractivity contribution < 1.29 is 14.3 Å². The Morgan fingerprint density at radius 1 is 1.17 bits per heavy atom. The predicted molar refractivity (Wildman–Crippen MR) is 67.7 cm³/mol. The molecule has 0 aromatic heterocycles. The van der Waals surface area contributed by atoms with Crippen molar-refractivity contribution in [2.45, 2.75) is 6.42 Å². The standard InChI is InChI=1S/C15H12O3/c1-17-14-8-15-11(7-12(14)9-16)6-10-4-2-3-5-13(10)18-15/h2-5,7-9H,6H2,1H3. The minimum Gasteiger partial charge on any atom is -0.496 e. The van der Waals surface area contributed by atoms with Gasteiger partial charge in [0.2, 0.25) is 0 Å². The molecule has 0 fully saturated rings. The summed E-state index contributed by atoms with van der Waals surface area (Å²) in [5.41, 5.74) is 2.70. The maximum atomic E-state index is 11.0. The molecule has 90 valence electrons. The maximum absolute atomic E-state index is 11.0. The highest BCUT2D eigenvalue weighted by Crippen LogP contribution is 2.39. The Morgan fingerprint density at radius 3 is 2.78 bits per heavy atom. The van der Waals surface area contributed by atoms with Crippen molar-refractivity contribution in [1.82, 2.24) is 0 Å². The van der Waals surface area contributed by atoms with E-state index in [1.165, 1.54) is 0 Å². The summed E-state index contributed by atoms with van der Waals surface area (Å²) in [5, 5.41) is 0. The number of benzene rings is 2. The number of fused-ring (bicyclic) bond motifs is 2. The van der Waals surface area contributed by atoms with E-state index in [-0.39, 0.29) is 0 Å². The number of hydrogen-bond acceptors (Lipinski definition) is 3. The van der Waals surface area contributed by atoms with Gasteiger partial charge in [-0.05, 0) is 17.7 Å². The number of carbonyl (C=O) groups excluding carboxylic acids is 1. The van der Waals surface area contributed by atoms with Crippen LogP contribution in [0.3, 0.4) is 0 Å². The minimum absolute atomic E-state index is 0.545. The molecular formula is C15H12O3. The van der Waals surface area contributed by atoms with Crippen LogP contribution in [0.25, 0.3) is 0 Å². The number of methoxy groups -OCH3 is 1. The Balaban J connectivity index is 2.10. The second-order valence-corrected chi connectivity index (χ2v) is 4.21. The summed E-state index contributed by atoms with van der Waals surface area (Å²) in [7, 11) is 1.55. The lowest BCUT2D eigenvalue weighted by Gasteiger charge is -2.21. The molecule has 0 amide bonds. The minimum atomic E-state index is 0.545. The number of para-hydroxylation sites is 1. The summed E-state index contributed by atoms with van der Waals surface area (Å²) in [6.07, 6.45) is 1.58. The average molecular weight is 240 g/mol. The summed E-state index contributed by atoms with van der Waals surface area (Å²) < 4.78 is 11.0. The third-order valence-electron chi connectivity index (χ3n) is 3.11. The van der Waals surface area contributed by atoms with E-state index in [4.69, 9.17) is 9.47 Å². The first-order valence-corrected chi connectivity index (χ1v) is 5.73. The van der Waals surface area contributed by atoms with Crippen LogP contribution >= 0.6 is 0 Å². The number of aldehydes is 1. The van der Waals surface area contributed by atoms with E-state index in [1.807, 2.05) is 30.3 Å². The van der Waals surface area contributed by atoms with Crippen molar-refractivity contribution in [3.05, 3.63) is 53.1 Å². The van der Waals surface area contributed by atoms with E-state index in [2.05, 4.69) is 0 Å². The molecule has 0 saturated carbocycles. The largest absolute Gasteiger partial charge is 0.496 e. The van der Waals surface area contributed by atoms with Gasteiger partial charge in [-0.1, -0.05) is 18.2 Å². The molecule has 2 aromatic rings. The highest BCUT2D eigenvalue weighted by molar-refractivity contribution is 5.81. The quantitative estimate of drug-likeness (QED) is 0.645. The molecule has 0 bridgehead atoms. The van der Waals surface area contributed by atoms with Crippen LogP contribution in [0.2, 0.25) is 0 Å². The van der Waals surface area contributed by atoms with E-state index in [1.54, 1.807) is 13.2 Å². The van der Waals surface area contributed by atoms with E-state index in [0.717, 1.165) is 35.3 Å². The first-order chi connectivity index (χ1) is 8.81. The van der Waals surface area contributed by atoms with Crippen LogP contribution in [-0.2, 0) is 6.42 Å². The van der Waals surface area contributed by atoms with E-state index >= 15 is 0 Å². The van der Waals surface area contributed by atoms with Crippen molar-refractivity contribution in [2.75, 3.05) is 7.11 Å². The van der Waals surface area contributed by atoms with Crippen molar-refractivity contribution in [3.8, 4) is 17.2 Å². The zero-order chi connectivity index (χ0) is 12.5. The molecular weight excluding hydrogens is 228 g/mol. The van der Waals surface area contributed by atoms with Crippen LogP contribution in [0.5, 0.6) is 17.2 Å². The van der Waals surface area contributed by atoms with Gasteiger partial charge in [0.15, 0.2) is 6.29 Å². The van der Waals surface area contributed by atoms with Crippen LogP contribution in [0.1, 0.15) is 21.5 Å². The Kier molecular flexibility index (Phi) is 2.52. The average Bonchev–Trinajstić information content (AvgIpc) is 2.43. The van der Waals surface area contributed by atoms with E-state index in [9.17, 15) is 4.79 Å². The lowest BCUT2D eigenvalue weighted by Crippen LogP contribution is -2.04. The summed E-state index contributed by atoms with van der Waals surface area (Å²) in [6.45, 7) is 0. The van der Waals surface area contributed by atoms with Gasteiger partial charge in [0.1, 0.15) is 17.2 Å². The fourth-order valence-electron chi connectivity index (χ4n) is 2.20. The van der Waals surface area contributed by atoms with Crippen LogP contribution in [0.4, 0.5) is 0 Å². The molecule has 0 atom stereocenters. The molecule has 0 radical (unpaired) electrons. The molecule has 0 saturated heterocycles. The van der Waals surface area contributed by atoms with Gasteiger partial charge in [0, 0.05) is 18.1 Å². The van der Waals surface area contributed by atoms with Gasteiger partial charge in [-0.3, -0.25) is 4.79 Å². The Morgan fingerprint density at radius 2 is 2.00 bits per heavy atom. The van der Waals surface area contributed by atoms with E-state index in [0.29, 0.717) is 11.3 Å². The van der Waals surface area contributed by atoms with Gasteiger partial charge in [-0.15, -0.1) is 0 Å². The second-order valence-electron chi connectivity index (χ2n) is 4.21. The lowest BCUT2D eigenvalue weighted by atomic mass is 9.98. The molecule has 1 aliphatic rings. The normalized spacial score (nSPS) is 12.1. The predicted octanol–water partition coefficient (Wildman–Crippen LogP) is 3.20. The first-order valence-electron chi connectivity index (χ1n) is 5.73.